The normalized spacial score (nSPS) is 11.6. The van der Waals surface area contributed by atoms with Gasteiger partial charge in [-0.25, -0.2) is 4.79 Å². The molecular weight excluding hydrogens is 324 g/mol. The highest BCUT2D eigenvalue weighted by atomic mass is 32.2. The smallest absolute Gasteiger partial charge is 0.315 e. The highest BCUT2D eigenvalue weighted by Gasteiger charge is 2.12. The Balaban J connectivity index is 1.93. The molecule has 6 heteroatoms. The largest absolute Gasteiger partial charge is 0.504 e. The first-order chi connectivity index (χ1) is 11.5. The molecule has 0 bridgehead atoms. The van der Waals surface area contributed by atoms with E-state index in [1.807, 2.05) is 37.4 Å². The summed E-state index contributed by atoms with van der Waals surface area (Å²) >= 11 is 1.66. The molecule has 0 aliphatic rings. The fourth-order valence-corrected chi connectivity index (χ4v) is 3.06. The van der Waals surface area contributed by atoms with Gasteiger partial charge in [0.25, 0.3) is 0 Å². The number of carbonyl (C=O) groups is 1. The molecular formula is C18H22N2O3S. The summed E-state index contributed by atoms with van der Waals surface area (Å²) in [6.45, 7) is 2.30. The second-order valence-electron chi connectivity index (χ2n) is 5.30. The maximum atomic E-state index is 12.1. The van der Waals surface area contributed by atoms with Crippen LogP contribution in [0.4, 0.5) is 4.79 Å². The van der Waals surface area contributed by atoms with Crippen molar-refractivity contribution in [2.45, 2.75) is 24.4 Å². The number of phenolic OH excluding ortho intramolecular Hbond substituents is 1. The summed E-state index contributed by atoms with van der Waals surface area (Å²) in [7, 11) is 1.49. The first kappa shape index (κ1) is 18.0. The summed E-state index contributed by atoms with van der Waals surface area (Å²) in [5, 5.41) is 15.3. The van der Waals surface area contributed by atoms with Crippen molar-refractivity contribution in [3.63, 3.8) is 0 Å². The van der Waals surface area contributed by atoms with Crippen molar-refractivity contribution in [2.75, 3.05) is 13.4 Å². The minimum atomic E-state index is -0.245. The number of aromatic hydroxyl groups is 1. The van der Waals surface area contributed by atoms with Crippen molar-refractivity contribution < 1.29 is 14.6 Å². The number of phenols is 1. The van der Waals surface area contributed by atoms with Gasteiger partial charge in [0.05, 0.1) is 13.2 Å². The molecule has 128 valence electrons. The average Bonchev–Trinajstić information content (AvgIpc) is 2.60. The van der Waals surface area contributed by atoms with Gasteiger partial charge >= 0.3 is 6.03 Å². The maximum Gasteiger partial charge on any atom is 0.315 e. The van der Waals surface area contributed by atoms with Crippen molar-refractivity contribution in [1.29, 1.82) is 0 Å². The van der Waals surface area contributed by atoms with Crippen molar-refractivity contribution in [3.05, 3.63) is 53.6 Å². The molecule has 2 aromatic rings. The highest BCUT2D eigenvalue weighted by Crippen LogP contribution is 2.26. The Morgan fingerprint density at radius 3 is 2.75 bits per heavy atom. The van der Waals surface area contributed by atoms with Crippen LogP contribution in [0.3, 0.4) is 0 Å². The van der Waals surface area contributed by atoms with E-state index in [-0.39, 0.29) is 17.8 Å². The lowest BCUT2D eigenvalue weighted by molar-refractivity contribution is 0.237. The molecule has 0 saturated heterocycles. The maximum absolute atomic E-state index is 12.1. The second-order valence-corrected chi connectivity index (χ2v) is 6.14. The summed E-state index contributed by atoms with van der Waals surface area (Å²) < 4.78 is 5.06. The Bertz CT molecular complexity index is 706. The van der Waals surface area contributed by atoms with Gasteiger partial charge in [-0.1, -0.05) is 24.3 Å². The number of rotatable bonds is 6. The number of hydrogen-bond donors (Lipinski definition) is 3. The van der Waals surface area contributed by atoms with Crippen LogP contribution in [0.5, 0.6) is 11.5 Å². The SMILES string of the molecule is COc1cc(CNC(=O)N[C@@H](C)c2ccccc2SC)ccc1O. The number of thioether (sulfide) groups is 1. The molecule has 0 aromatic heterocycles. The summed E-state index contributed by atoms with van der Waals surface area (Å²) in [5.74, 6) is 0.463. The van der Waals surface area contributed by atoms with Gasteiger partial charge in [-0.15, -0.1) is 11.8 Å². The molecule has 0 unspecified atom stereocenters. The predicted molar refractivity (Wildman–Crippen MR) is 96.7 cm³/mol. The van der Waals surface area contributed by atoms with Crippen LogP contribution in [0, 0.1) is 0 Å². The van der Waals surface area contributed by atoms with Crippen molar-refractivity contribution >= 4 is 17.8 Å². The number of benzene rings is 2. The van der Waals surface area contributed by atoms with Gasteiger partial charge in [0, 0.05) is 11.4 Å². The van der Waals surface area contributed by atoms with Crippen molar-refractivity contribution in [2.24, 2.45) is 0 Å². The molecule has 0 radical (unpaired) electrons. The van der Waals surface area contributed by atoms with E-state index in [0.717, 1.165) is 16.0 Å². The summed E-state index contributed by atoms with van der Waals surface area (Å²) in [5.41, 5.74) is 1.93. The van der Waals surface area contributed by atoms with Gasteiger partial charge in [-0.3, -0.25) is 0 Å². The minimum absolute atomic E-state index is 0.0768. The third kappa shape index (κ3) is 4.58. The van der Waals surface area contributed by atoms with Gasteiger partial charge < -0.3 is 20.5 Å². The van der Waals surface area contributed by atoms with Crippen LogP contribution in [0.1, 0.15) is 24.1 Å². The number of amides is 2. The van der Waals surface area contributed by atoms with Gasteiger partial charge in [0.15, 0.2) is 11.5 Å². The first-order valence-corrected chi connectivity index (χ1v) is 8.80. The number of methoxy groups -OCH3 is 1. The molecule has 0 fully saturated rings. The molecule has 2 amide bonds. The molecule has 5 nitrogen and oxygen atoms in total. The van der Waals surface area contributed by atoms with E-state index in [9.17, 15) is 9.90 Å². The zero-order valence-electron chi connectivity index (χ0n) is 14.0. The molecule has 24 heavy (non-hydrogen) atoms. The fourth-order valence-electron chi connectivity index (χ4n) is 2.36. The molecule has 0 saturated carbocycles. The molecule has 2 aromatic carbocycles. The number of hydrogen-bond acceptors (Lipinski definition) is 4. The standard InChI is InChI=1S/C18H22N2O3S/c1-12(14-6-4-5-7-17(14)24-3)20-18(22)19-11-13-8-9-15(21)16(10-13)23-2/h4-10,12,21H,11H2,1-3H3,(H2,19,20,22)/t12-/m0/s1. The second kappa shape index (κ2) is 8.49. The van der Waals surface area contributed by atoms with Gasteiger partial charge in [-0.2, -0.15) is 0 Å². The number of urea groups is 1. The molecule has 3 N–H and O–H groups in total. The average molecular weight is 346 g/mol. The highest BCUT2D eigenvalue weighted by molar-refractivity contribution is 7.98. The zero-order chi connectivity index (χ0) is 17.5. The van der Waals surface area contributed by atoms with Gasteiger partial charge in [-0.05, 0) is 42.5 Å². The minimum Gasteiger partial charge on any atom is -0.504 e. The fraction of sp³-hybridized carbons (Fsp3) is 0.278. The van der Waals surface area contributed by atoms with Gasteiger partial charge in [0.2, 0.25) is 0 Å². The molecule has 0 aliphatic heterocycles. The van der Waals surface area contributed by atoms with E-state index < -0.39 is 0 Å². The van der Waals surface area contributed by atoms with E-state index in [1.165, 1.54) is 7.11 Å². The Morgan fingerprint density at radius 2 is 2.04 bits per heavy atom. The monoisotopic (exact) mass is 346 g/mol. The van der Waals surface area contributed by atoms with Crippen LogP contribution in [0.2, 0.25) is 0 Å². The van der Waals surface area contributed by atoms with Gasteiger partial charge in [0.1, 0.15) is 0 Å². The van der Waals surface area contributed by atoms with E-state index in [0.29, 0.717) is 12.3 Å². The van der Waals surface area contributed by atoms with Crippen LogP contribution in [0.25, 0.3) is 0 Å². The number of nitrogens with one attached hydrogen (secondary N) is 2. The quantitative estimate of drug-likeness (QED) is 0.698. The van der Waals surface area contributed by atoms with Crippen LogP contribution < -0.4 is 15.4 Å². The van der Waals surface area contributed by atoms with Crippen molar-refractivity contribution in [3.8, 4) is 11.5 Å². The van der Waals surface area contributed by atoms with Crippen LogP contribution in [-0.2, 0) is 6.54 Å². The zero-order valence-corrected chi connectivity index (χ0v) is 14.8. The number of ether oxygens (including phenoxy) is 1. The third-order valence-electron chi connectivity index (χ3n) is 3.65. The van der Waals surface area contributed by atoms with E-state index in [2.05, 4.69) is 10.6 Å². The summed E-state index contributed by atoms with van der Waals surface area (Å²) in [6.07, 6.45) is 2.02. The Hall–Kier alpha value is -2.34. The summed E-state index contributed by atoms with van der Waals surface area (Å²) in [6, 6.07) is 12.7. The topological polar surface area (TPSA) is 70.6 Å². The summed E-state index contributed by atoms with van der Waals surface area (Å²) in [4.78, 5) is 13.3. The number of carbonyl (C=O) groups excluding carboxylic acids is 1. The third-order valence-corrected chi connectivity index (χ3v) is 4.46. The predicted octanol–water partition coefficient (Wildman–Crippen LogP) is 3.68. The molecule has 0 heterocycles. The van der Waals surface area contributed by atoms with Crippen molar-refractivity contribution in [1.82, 2.24) is 10.6 Å². The molecule has 1 atom stereocenters. The lowest BCUT2D eigenvalue weighted by Gasteiger charge is -2.17. The van der Waals surface area contributed by atoms with Crippen LogP contribution in [0.15, 0.2) is 47.4 Å². The van der Waals surface area contributed by atoms with E-state index in [4.69, 9.17) is 4.74 Å². The van der Waals surface area contributed by atoms with E-state index >= 15 is 0 Å². The van der Waals surface area contributed by atoms with Crippen LogP contribution >= 0.6 is 11.8 Å². The first-order valence-electron chi connectivity index (χ1n) is 7.58. The Labute approximate surface area is 146 Å². The molecule has 0 aliphatic carbocycles. The van der Waals surface area contributed by atoms with E-state index in [1.54, 1.807) is 30.0 Å². The Kier molecular flexibility index (Phi) is 6.37. The Morgan fingerprint density at radius 1 is 1.29 bits per heavy atom. The lowest BCUT2D eigenvalue weighted by atomic mass is 10.1. The molecule has 2 rings (SSSR count). The van der Waals surface area contributed by atoms with Crippen LogP contribution in [-0.4, -0.2) is 24.5 Å². The lowest BCUT2D eigenvalue weighted by Crippen LogP contribution is -2.36. The molecule has 0 spiro atoms.